The van der Waals surface area contributed by atoms with Crippen LogP contribution in [0.5, 0.6) is 0 Å². The first-order valence-electron chi connectivity index (χ1n) is 5.11. The normalized spacial score (nSPS) is 10.7. The van der Waals surface area contributed by atoms with Gasteiger partial charge in [-0.1, -0.05) is 0 Å². The molecule has 0 aromatic carbocycles. The molecule has 0 saturated carbocycles. The highest BCUT2D eigenvalue weighted by Gasteiger charge is 2.11. The summed E-state index contributed by atoms with van der Waals surface area (Å²) in [6.07, 6.45) is 5.02. The number of nitrogens with zero attached hydrogens (tertiary/aromatic N) is 2. The standard InChI is InChI=1S/C11H8N4O2S/c16-11(17)7-3-6(4-14-7)8-5-18-10(15-8)9-12-1-2-13-9/h1-5,14H,(H,12,13)(H,16,17). The highest BCUT2D eigenvalue weighted by molar-refractivity contribution is 7.13. The molecular formula is C11H8N4O2S. The van der Waals surface area contributed by atoms with Crippen LogP contribution in [0.1, 0.15) is 10.5 Å². The molecule has 0 amide bonds. The van der Waals surface area contributed by atoms with Crippen LogP contribution in [0, 0.1) is 0 Å². The zero-order valence-corrected chi connectivity index (χ0v) is 9.86. The topological polar surface area (TPSA) is 94.7 Å². The summed E-state index contributed by atoms with van der Waals surface area (Å²) >= 11 is 1.45. The average molecular weight is 260 g/mol. The smallest absolute Gasteiger partial charge is 0.352 e. The summed E-state index contributed by atoms with van der Waals surface area (Å²) in [7, 11) is 0. The average Bonchev–Trinajstić information content (AvgIpc) is 3.10. The lowest BCUT2D eigenvalue weighted by Gasteiger charge is -1.89. The fourth-order valence-corrected chi connectivity index (χ4v) is 2.35. The number of hydrogen-bond donors (Lipinski definition) is 3. The van der Waals surface area contributed by atoms with E-state index in [0.29, 0.717) is 5.82 Å². The SMILES string of the molecule is O=C(O)c1cc(-c2csc(-c3ncc[nH]3)n2)c[nH]1. The molecule has 0 unspecified atom stereocenters. The lowest BCUT2D eigenvalue weighted by molar-refractivity contribution is 0.0691. The summed E-state index contributed by atoms with van der Waals surface area (Å²) in [4.78, 5) is 25.0. The van der Waals surface area contributed by atoms with Crippen molar-refractivity contribution < 1.29 is 9.90 Å². The predicted molar refractivity (Wildman–Crippen MR) is 66.4 cm³/mol. The number of aromatic carboxylic acids is 1. The van der Waals surface area contributed by atoms with Gasteiger partial charge in [0.2, 0.25) is 0 Å². The molecule has 0 aliphatic heterocycles. The van der Waals surface area contributed by atoms with Crippen LogP contribution in [0.15, 0.2) is 30.0 Å². The maximum absolute atomic E-state index is 10.8. The minimum atomic E-state index is -0.984. The van der Waals surface area contributed by atoms with E-state index in [1.165, 1.54) is 11.3 Å². The summed E-state index contributed by atoms with van der Waals surface area (Å²) in [6.45, 7) is 0. The molecule has 0 radical (unpaired) electrons. The van der Waals surface area contributed by atoms with Gasteiger partial charge in [0.15, 0.2) is 10.8 Å². The molecule has 6 nitrogen and oxygen atoms in total. The van der Waals surface area contributed by atoms with E-state index in [4.69, 9.17) is 5.11 Å². The number of aromatic amines is 2. The Labute approximate surface area is 105 Å². The highest BCUT2D eigenvalue weighted by atomic mass is 32.1. The maximum atomic E-state index is 10.8. The molecule has 0 aliphatic carbocycles. The lowest BCUT2D eigenvalue weighted by Crippen LogP contribution is -1.94. The van der Waals surface area contributed by atoms with Crippen LogP contribution in [0.4, 0.5) is 0 Å². The Morgan fingerprint density at radius 1 is 1.39 bits per heavy atom. The van der Waals surface area contributed by atoms with Crippen molar-refractivity contribution in [2.45, 2.75) is 0 Å². The van der Waals surface area contributed by atoms with Crippen molar-refractivity contribution in [3.63, 3.8) is 0 Å². The minimum absolute atomic E-state index is 0.151. The summed E-state index contributed by atoms with van der Waals surface area (Å²) in [5.41, 5.74) is 1.63. The van der Waals surface area contributed by atoms with Gasteiger partial charge < -0.3 is 15.1 Å². The Balaban J connectivity index is 1.95. The van der Waals surface area contributed by atoms with Crippen molar-refractivity contribution in [3.05, 3.63) is 35.7 Å². The number of nitrogens with one attached hydrogen (secondary N) is 2. The van der Waals surface area contributed by atoms with Gasteiger partial charge in [0.1, 0.15) is 5.69 Å². The van der Waals surface area contributed by atoms with Crippen molar-refractivity contribution in [1.29, 1.82) is 0 Å². The summed E-state index contributed by atoms with van der Waals surface area (Å²) in [5.74, 6) is -0.275. The van der Waals surface area contributed by atoms with Gasteiger partial charge in [0, 0.05) is 29.5 Å². The molecule has 3 heterocycles. The predicted octanol–water partition coefficient (Wildman–Crippen LogP) is 2.23. The van der Waals surface area contributed by atoms with E-state index >= 15 is 0 Å². The third-order valence-electron chi connectivity index (χ3n) is 2.41. The van der Waals surface area contributed by atoms with Crippen LogP contribution >= 0.6 is 11.3 Å². The molecule has 0 atom stereocenters. The van der Waals surface area contributed by atoms with Crippen LogP contribution < -0.4 is 0 Å². The fourth-order valence-electron chi connectivity index (χ4n) is 1.56. The molecule has 0 spiro atoms. The first-order chi connectivity index (χ1) is 8.74. The minimum Gasteiger partial charge on any atom is -0.477 e. The quantitative estimate of drug-likeness (QED) is 0.673. The Bertz CT molecular complexity index is 684. The first-order valence-corrected chi connectivity index (χ1v) is 5.99. The Morgan fingerprint density at radius 2 is 2.28 bits per heavy atom. The van der Waals surface area contributed by atoms with Crippen molar-refractivity contribution in [2.75, 3.05) is 0 Å². The van der Waals surface area contributed by atoms with E-state index in [1.807, 2.05) is 5.38 Å². The van der Waals surface area contributed by atoms with Gasteiger partial charge in [0.05, 0.1) is 5.69 Å². The number of rotatable bonds is 3. The number of thiazole rings is 1. The van der Waals surface area contributed by atoms with E-state index in [-0.39, 0.29) is 5.69 Å². The van der Waals surface area contributed by atoms with Gasteiger partial charge in [0.25, 0.3) is 0 Å². The zero-order chi connectivity index (χ0) is 12.5. The molecule has 0 fully saturated rings. The summed E-state index contributed by atoms with van der Waals surface area (Å²) in [5, 5.41) is 11.5. The molecule has 0 bridgehead atoms. The monoisotopic (exact) mass is 260 g/mol. The zero-order valence-electron chi connectivity index (χ0n) is 9.04. The van der Waals surface area contributed by atoms with Crippen LogP contribution in [0.25, 0.3) is 22.1 Å². The first kappa shape index (κ1) is 10.7. The van der Waals surface area contributed by atoms with Crippen molar-refractivity contribution in [1.82, 2.24) is 19.9 Å². The molecule has 0 saturated heterocycles. The second-order valence-electron chi connectivity index (χ2n) is 3.58. The van der Waals surface area contributed by atoms with E-state index < -0.39 is 5.97 Å². The summed E-state index contributed by atoms with van der Waals surface area (Å²) in [6, 6.07) is 1.56. The number of imidazole rings is 1. The molecule has 7 heteroatoms. The largest absolute Gasteiger partial charge is 0.477 e. The maximum Gasteiger partial charge on any atom is 0.352 e. The second-order valence-corrected chi connectivity index (χ2v) is 4.44. The van der Waals surface area contributed by atoms with Gasteiger partial charge >= 0.3 is 5.97 Å². The third-order valence-corrected chi connectivity index (χ3v) is 3.26. The number of carbonyl (C=O) groups is 1. The van der Waals surface area contributed by atoms with Gasteiger partial charge in [-0.2, -0.15) is 0 Å². The number of H-pyrrole nitrogens is 2. The molecule has 3 N–H and O–H groups in total. The molecule has 18 heavy (non-hydrogen) atoms. The lowest BCUT2D eigenvalue weighted by atomic mass is 10.2. The van der Waals surface area contributed by atoms with Crippen molar-refractivity contribution in [2.24, 2.45) is 0 Å². The number of carboxylic acid groups (broad SMARTS) is 1. The van der Waals surface area contributed by atoms with Gasteiger partial charge in [-0.3, -0.25) is 0 Å². The highest BCUT2D eigenvalue weighted by Crippen LogP contribution is 2.27. The number of carboxylic acids is 1. The van der Waals surface area contributed by atoms with Gasteiger partial charge in [-0.25, -0.2) is 14.8 Å². The van der Waals surface area contributed by atoms with Crippen LogP contribution in [-0.2, 0) is 0 Å². The van der Waals surface area contributed by atoms with E-state index in [2.05, 4.69) is 19.9 Å². The Kier molecular flexibility index (Phi) is 2.45. The fraction of sp³-hybridized carbons (Fsp3) is 0. The second kappa shape index (κ2) is 4.11. The number of hydrogen-bond acceptors (Lipinski definition) is 4. The van der Waals surface area contributed by atoms with E-state index in [0.717, 1.165) is 16.3 Å². The van der Waals surface area contributed by atoms with E-state index in [9.17, 15) is 4.79 Å². The van der Waals surface area contributed by atoms with Gasteiger partial charge in [-0.05, 0) is 6.07 Å². The molecule has 3 rings (SSSR count). The van der Waals surface area contributed by atoms with E-state index in [1.54, 1.807) is 24.7 Å². The molecule has 3 aromatic rings. The third kappa shape index (κ3) is 1.80. The van der Waals surface area contributed by atoms with Crippen molar-refractivity contribution in [3.8, 4) is 22.1 Å². The van der Waals surface area contributed by atoms with Crippen molar-refractivity contribution >= 4 is 17.3 Å². The van der Waals surface area contributed by atoms with Crippen LogP contribution in [0.2, 0.25) is 0 Å². The molecule has 3 aromatic heterocycles. The summed E-state index contributed by atoms with van der Waals surface area (Å²) < 4.78 is 0. The number of aromatic nitrogens is 4. The molecule has 90 valence electrons. The Morgan fingerprint density at radius 3 is 2.94 bits per heavy atom. The molecular weight excluding hydrogens is 252 g/mol. The van der Waals surface area contributed by atoms with Gasteiger partial charge in [-0.15, -0.1) is 11.3 Å². The Hall–Kier alpha value is -2.41. The van der Waals surface area contributed by atoms with Crippen LogP contribution in [0.3, 0.4) is 0 Å². The molecule has 0 aliphatic rings. The van der Waals surface area contributed by atoms with Crippen LogP contribution in [-0.4, -0.2) is 31.0 Å².